The third-order valence-corrected chi connectivity index (χ3v) is 1.39. The van der Waals surface area contributed by atoms with E-state index in [2.05, 4.69) is 15.9 Å². The average Bonchev–Trinajstić information content (AvgIpc) is 1.83. The van der Waals surface area contributed by atoms with Crippen molar-refractivity contribution < 1.29 is 14.7 Å². The van der Waals surface area contributed by atoms with E-state index in [4.69, 9.17) is 5.11 Å². The van der Waals surface area contributed by atoms with Gasteiger partial charge in [-0.15, -0.1) is 0 Å². The van der Waals surface area contributed by atoms with Crippen LogP contribution in [-0.4, -0.2) is 22.2 Å². The molecular weight excluding hydrogens is 188 g/mol. The van der Waals surface area contributed by atoms with E-state index in [0.29, 0.717) is 0 Å². The van der Waals surface area contributed by atoms with Crippen LogP contribution in [0.25, 0.3) is 0 Å². The van der Waals surface area contributed by atoms with Crippen LogP contribution in [0.1, 0.15) is 12.8 Å². The molecule has 52 valence electrons. The molecule has 0 bridgehead atoms. The Balaban J connectivity index is 3.28. The lowest BCUT2D eigenvalue weighted by Gasteiger charge is -1.89. The maximum absolute atomic E-state index is 10.4. The monoisotopic (exact) mass is 194 g/mol. The summed E-state index contributed by atoms with van der Waals surface area (Å²) in [5, 5.41) is 8.34. The maximum atomic E-state index is 10.4. The lowest BCUT2D eigenvalue weighted by atomic mass is 10.2. The van der Waals surface area contributed by atoms with Gasteiger partial charge in [-0.2, -0.15) is 0 Å². The molecular formula is C5H7BrO3. The van der Waals surface area contributed by atoms with Crippen molar-refractivity contribution in [2.24, 2.45) is 0 Å². The van der Waals surface area contributed by atoms with Gasteiger partial charge in [0, 0.05) is 6.42 Å². The first-order chi connectivity index (χ1) is 4.16. The van der Waals surface area contributed by atoms with Crippen molar-refractivity contribution in [2.45, 2.75) is 12.8 Å². The Bertz CT molecular complexity index is 121. The van der Waals surface area contributed by atoms with E-state index >= 15 is 0 Å². The molecule has 0 heterocycles. The third-order valence-electron chi connectivity index (χ3n) is 0.767. The average molecular weight is 195 g/mol. The number of alkyl halides is 1. The van der Waals surface area contributed by atoms with Crippen LogP contribution in [0.5, 0.6) is 0 Å². The Hall–Kier alpha value is -0.380. The molecule has 1 N–H and O–H groups in total. The molecule has 0 unspecified atom stereocenters. The van der Waals surface area contributed by atoms with Crippen molar-refractivity contribution in [1.82, 2.24) is 0 Å². The van der Waals surface area contributed by atoms with Gasteiger partial charge in [-0.25, -0.2) is 0 Å². The molecule has 0 atom stereocenters. The summed E-state index contributed by atoms with van der Waals surface area (Å²) in [5.41, 5.74) is 0. The number of carbonyl (C=O) groups is 2. The molecule has 0 aromatic heterocycles. The Morgan fingerprint density at radius 3 is 2.22 bits per heavy atom. The number of rotatable bonds is 4. The first kappa shape index (κ1) is 8.62. The van der Waals surface area contributed by atoms with Crippen molar-refractivity contribution in [3.05, 3.63) is 0 Å². The third kappa shape index (κ3) is 5.49. The zero-order valence-corrected chi connectivity index (χ0v) is 6.35. The SMILES string of the molecule is O=C(O)CCC(=O)CBr. The van der Waals surface area contributed by atoms with Gasteiger partial charge in [0.2, 0.25) is 0 Å². The summed E-state index contributed by atoms with van der Waals surface area (Å²) in [5.74, 6) is -0.998. The molecule has 0 amide bonds. The Kier molecular flexibility index (Phi) is 4.30. The van der Waals surface area contributed by atoms with Gasteiger partial charge < -0.3 is 5.11 Å². The summed E-state index contributed by atoms with van der Waals surface area (Å²) in [6.45, 7) is 0. The van der Waals surface area contributed by atoms with Crippen molar-refractivity contribution in [2.75, 3.05) is 5.33 Å². The van der Waals surface area contributed by atoms with Crippen LogP contribution >= 0.6 is 15.9 Å². The molecule has 0 rings (SSSR count). The minimum Gasteiger partial charge on any atom is -0.481 e. The highest BCUT2D eigenvalue weighted by Gasteiger charge is 2.02. The first-order valence-electron chi connectivity index (χ1n) is 2.46. The van der Waals surface area contributed by atoms with Crippen molar-refractivity contribution in [3.63, 3.8) is 0 Å². The van der Waals surface area contributed by atoms with Gasteiger partial charge in [0.05, 0.1) is 11.8 Å². The molecule has 0 aliphatic carbocycles. The number of ketones is 1. The number of carboxylic acid groups (broad SMARTS) is 1. The smallest absolute Gasteiger partial charge is 0.303 e. The largest absolute Gasteiger partial charge is 0.481 e. The molecule has 0 radical (unpaired) electrons. The van der Waals surface area contributed by atoms with E-state index < -0.39 is 5.97 Å². The van der Waals surface area contributed by atoms with Crippen LogP contribution in [0.3, 0.4) is 0 Å². The molecule has 3 nitrogen and oxygen atoms in total. The molecule has 0 fully saturated rings. The van der Waals surface area contributed by atoms with E-state index in [0.717, 1.165) is 0 Å². The van der Waals surface area contributed by atoms with Gasteiger partial charge in [0.25, 0.3) is 0 Å². The second kappa shape index (κ2) is 4.49. The predicted octanol–water partition coefficient (Wildman–Crippen LogP) is 0.815. The second-order valence-electron chi connectivity index (χ2n) is 1.57. The van der Waals surface area contributed by atoms with Gasteiger partial charge in [-0.1, -0.05) is 15.9 Å². The number of carboxylic acids is 1. The van der Waals surface area contributed by atoms with Crippen LogP contribution in [0.15, 0.2) is 0 Å². The van der Waals surface area contributed by atoms with E-state index in [1.54, 1.807) is 0 Å². The maximum Gasteiger partial charge on any atom is 0.303 e. The molecule has 9 heavy (non-hydrogen) atoms. The molecule has 0 aliphatic heterocycles. The quantitative estimate of drug-likeness (QED) is 0.675. The summed E-state index contributed by atoms with van der Waals surface area (Å²) < 4.78 is 0. The van der Waals surface area contributed by atoms with Crippen LogP contribution in [0.4, 0.5) is 0 Å². The Labute approximate surface area is 61.2 Å². The van der Waals surface area contributed by atoms with E-state index in [1.165, 1.54) is 0 Å². The fourth-order valence-electron chi connectivity index (χ4n) is 0.313. The lowest BCUT2D eigenvalue weighted by Crippen LogP contribution is -2.03. The van der Waals surface area contributed by atoms with Crippen LogP contribution in [0, 0.1) is 0 Å². The predicted molar refractivity (Wildman–Crippen MR) is 35.7 cm³/mol. The standard InChI is InChI=1S/C5H7BrO3/c6-3-4(7)1-2-5(8)9/h1-3H2,(H,8,9). The Morgan fingerprint density at radius 2 is 1.89 bits per heavy atom. The number of hydrogen-bond acceptors (Lipinski definition) is 2. The second-order valence-corrected chi connectivity index (χ2v) is 2.13. The van der Waals surface area contributed by atoms with Gasteiger partial charge in [0.1, 0.15) is 5.78 Å². The fourth-order valence-corrected chi connectivity index (χ4v) is 0.594. The van der Waals surface area contributed by atoms with E-state index in [-0.39, 0.29) is 24.0 Å². The molecule has 0 aliphatic rings. The summed E-state index contributed by atoms with van der Waals surface area (Å²) in [7, 11) is 0. The van der Waals surface area contributed by atoms with Crippen molar-refractivity contribution in [3.8, 4) is 0 Å². The fraction of sp³-hybridized carbons (Fsp3) is 0.600. The van der Waals surface area contributed by atoms with Crippen LogP contribution in [0.2, 0.25) is 0 Å². The van der Waals surface area contributed by atoms with Crippen LogP contribution in [-0.2, 0) is 9.59 Å². The highest BCUT2D eigenvalue weighted by Crippen LogP contribution is 1.93. The molecule has 0 spiro atoms. The number of aliphatic carboxylic acids is 1. The first-order valence-corrected chi connectivity index (χ1v) is 3.58. The van der Waals surface area contributed by atoms with Crippen LogP contribution < -0.4 is 0 Å². The molecule has 4 heteroatoms. The molecule has 0 saturated carbocycles. The lowest BCUT2D eigenvalue weighted by molar-refractivity contribution is -0.138. The summed E-state index contributed by atoms with van der Waals surface area (Å²) in [6, 6.07) is 0. The minimum absolute atomic E-state index is 0.0650. The molecule has 0 aromatic carbocycles. The zero-order chi connectivity index (χ0) is 7.28. The van der Waals surface area contributed by atoms with Crippen molar-refractivity contribution >= 4 is 27.7 Å². The normalized spacial score (nSPS) is 9.00. The van der Waals surface area contributed by atoms with Crippen molar-refractivity contribution in [1.29, 1.82) is 0 Å². The summed E-state index contributed by atoms with van der Waals surface area (Å²) in [4.78, 5) is 20.3. The van der Waals surface area contributed by atoms with Gasteiger partial charge in [-0.3, -0.25) is 9.59 Å². The number of carbonyl (C=O) groups excluding carboxylic acids is 1. The topological polar surface area (TPSA) is 54.4 Å². The minimum atomic E-state index is -0.927. The number of hydrogen-bond donors (Lipinski definition) is 1. The van der Waals surface area contributed by atoms with Gasteiger partial charge in [-0.05, 0) is 0 Å². The highest BCUT2D eigenvalue weighted by atomic mass is 79.9. The summed E-state index contributed by atoms with van der Waals surface area (Å²) in [6.07, 6.45) is 0.0605. The number of Topliss-reactive ketones (excluding diaryl/α,β-unsaturated/α-hetero) is 1. The highest BCUT2D eigenvalue weighted by molar-refractivity contribution is 9.09. The number of halogens is 1. The summed E-state index contributed by atoms with van der Waals surface area (Å²) >= 11 is 2.92. The Morgan fingerprint density at radius 1 is 1.33 bits per heavy atom. The van der Waals surface area contributed by atoms with Gasteiger partial charge in [0.15, 0.2) is 0 Å². The van der Waals surface area contributed by atoms with Gasteiger partial charge >= 0.3 is 5.97 Å². The van der Waals surface area contributed by atoms with E-state index in [1.807, 2.05) is 0 Å². The molecule has 0 saturated heterocycles. The molecule has 0 aromatic rings. The van der Waals surface area contributed by atoms with E-state index in [9.17, 15) is 9.59 Å². The zero-order valence-electron chi connectivity index (χ0n) is 4.76.